The van der Waals surface area contributed by atoms with E-state index >= 15 is 0 Å². The molecule has 21 heavy (non-hydrogen) atoms. The Morgan fingerprint density at radius 1 is 1.29 bits per heavy atom. The fraction of sp³-hybridized carbons (Fsp3) is 0.375. The van der Waals surface area contributed by atoms with E-state index in [4.69, 9.17) is 0 Å². The number of aromatic nitrogens is 3. The van der Waals surface area contributed by atoms with Crippen LogP contribution >= 0.6 is 0 Å². The van der Waals surface area contributed by atoms with Gasteiger partial charge in [0.15, 0.2) is 0 Å². The van der Waals surface area contributed by atoms with Gasteiger partial charge in [0.25, 0.3) is 5.91 Å². The molecule has 2 aromatic heterocycles. The van der Waals surface area contributed by atoms with Crippen LogP contribution in [0, 0.1) is 6.92 Å². The van der Waals surface area contributed by atoms with Crippen molar-refractivity contribution in [2.24, 2.45) is 0 Å². The van der Waals surface area contributed by atoms with Crippen LogP contribution in [0.15, 0.2) is 37.1 Å². The average molecular weight is 282 g/mol. The SMILES string of the molecule is Cc1cncnc1C1CCCN(C(=O)c2ccncc2)C1. The molecule has 1 atom stereocenters. The van der Waals surface area contributed by atoms with Crippen molar-refractivity contribution >= 4 is 5.91 Å². The molecule has 1 saturated heterocycles. The van der Waals surface area contributed by atoms with Gasteiger partial charge in [-0.1, -0.05) is 0 Å². The Kier molecular flexibility index (Phi) is 3.90. The summed E-state index contributed by atoms with van der Waals surface area (Å²) in [6, 6.07) is 3.53. The minimum Gasteiger partial charge on any atom is -0.338 e. The second-order valence-electron chi connectivity index (χ2n) is 5.42. The average Bonchev–Trinajstić information content (AvgIpc) is 2.55. The van der Waals surface area contributed by atoms with E-state index in [2.05, 4.69) is 15.0 Å². The first-order valence-electron chi connectivity index (χ1n) is 7.21. The van der Waals surface area contributed by atoms with Gasteiger partial charge < -0.3 is 4.90 Å². The van der Waals surface area contributed by atoms with Gasteiger partial charge in [0, 0.05) is 43.2 Å². The highest BCUT2D eigenvalue weighted by Gasteiger charge is 2.27. The maximum atomic E-state index is 12.5. The van der Waals surface area contributed by atoms with E-state index in [0.717, 1.165) is 37.2 Å². The minimum absolute atomic E-state index is 0.0776. The zero-order valence-electron chi connectivity index (χ0n) is 12.1. The number of likely N-dealkylation sites (tertiary alicyclic amines) is 1. The molecule has 0 saturated carbocycles. The number of amides is 1. The van der Waals surface area contributed by atoms with E-state index in [1.807, 2.05) is 18.0 Å². The van der Waals surface area contributed by atoms with Gasteiger partial charge in [0.1, 0.15) is 6.33 Å². The third kappa shape index (κ3) is 2.91. The van der Waals surface area contributed by atoms with Gasteiger partial charge in [0.2, 0.25) is 0 Å². The van der Waals surface area contributed by atoms with Crippen LogP contribution in [0.2, 0.25) is 0 Å². The number of piperidine rings is 1. The lowest BCUT2D eigenvalue weighted by Crippen LogP contribution is -2.39. The Hall–Kier alpha value is -2.30. The van der Waals surface area contributed by atoms with Crippen LogP contribution in [0.25, 0.3) is 0 Å². The summed E-state index contributed by atoms with van der Waals surface area (Å²) in [6.07, 6.45) is 8.81. The predicted molar refractivity (Wildman–Crippen MR) is 78.9 cm³/mol. The Morgan fingerprint density at radius 3 is 2.86 bits per heavy atom. The van der Waals surface area contributed by atoms with Crippen molar-refractivity contribution in [1.29, 1.82) is 0 Å². The van der Waals surface area contributed by atoms with Gasteiger partial charge in [-0.3, -0.25) is 9.78 Å². The minimum atomic E-state index is 0.0776. The summed E-state index contributed by atoms with van der Waals surface area (Å²) in [6.45, 7) is 3.56. The largest absolute Gasteiger partial charge is 0.338 e. The molecule has 1 fully saturated rings. The van der Waals surface area contributed by atoms with Crippen LogP contribution in [0.4, 0.5) is 0 Å². The van der Waals surface area contributed by atoms with E-state index in [1.54, 1.807) is 30.9 Å². The summed E-state index contributed by atoms with van der Waals surface area (Å²) in [7, 11) is 0. The maximum absolute atomic E-state index is 12.5. The summed E-state index contributed by atoms with van der Waals surface area (Å²) in [4.78, 5) is 26.9. The number of nitrogens with zero attached hydrogens (tertiary/aromatic N) is 4. The summed E-state index contributed by atoms with van der Waals surface area (Å²) < 4.78 is 0. The van der Waals surface area contributed by atoms with Crippen LogP contribution in [0.3, 0.4) is 0 Å². The van der Waals surface area contributed by atoms with Crippen LogP contribution in [-0.2, 0) is 0 Å². The number of aryl methyl sites for hydroxylation is 1. The molecule has 1 amide bonds. The maximum Gasteiger partial charge on any atom is 0.253 e. The van der Waals surface area contributed by atoms with Crippen LogP contribution < -0.4 is 0 Å². The monoisotopic (exact) mass is 282 g/mol. The second kappa shape index (κ2) is 5.99. The first-order valence-corrected chi connectivity index (χ1v) is 7.21. The second-order valence-corrected chi connectivity index (χ2v) is 5.42. The molecule has 0 radical (unpaired) electrons. The molecule has 108 valence electrons. The van der Waals surface area contributed by atoms with Gasteiger partial charge in [0.05, 0.1) is 5.69 Å². The summed E-state index contributed by atoms with van der Waals surface area (Å²) in [5, 5.41) is 0. The third-order valence-electron chi connectivity index (χ3n) is 3.96. The fourth-order valence-electron chi connectivity index (χ4n) is 2.90. The lowest BCUT2D eigenvalue weighted by atomic mass is 9.92. The number of hydrogen-bond donors (Lipinski definition) is 0. The van der Waals surface area contributed by atoms with Crippen LogP contribution in [-0.4, -0.2) is 38.8 Å². The molecule has 2 aromatic rings. The van der Waals surface area contributed by atoms with Crippen molar-refractivity contribution in [2.75, 3.05) is 13.1 Å². The smallest absolute Gasteiger partial charge is 0.253 e. The van der Waals surface area contributed by atoms with Crippen molar-refractivity contribution in [1.82, 2.24) is 19.9 Å². The van der Waals surface area contributed by atoms with Crippen molar-refractivity contribution in [3.8, 4) is 0 Å². The van der Waals surface area contributed by atoms with E-state index in [-0.39, 0.29) is 5.91 Å². The molecule has 5 heteroatoms. The van der Waals surface area contributed by atoms with Crippen LogP contribution in [0.1, 0.15) is 40.4 Å². The highest BCUT2D eigenvalue weighted by atomic mass is 16.2. The molecule has 1 aliphatic heterocycles. The summed E-state index contributed by atoms with van der Waals surface area (Å²) in [5.74, 6) is 0.376. The number of carbonyl (C=O) groups excluding carboxylic acids is 1. The Bertz CT molecular complexity index is 629. The molecule has 0 spiro atoms. The molecule has 5 nitrogen and oxygen atoms in total. The van der Waals surface area contributed by atoms with E-state index in [1.165, 1.54) is 0 Å². The van der Waals surface area contributed by atoms with Crippen molar-refractivity contribution < 1.29 is 4.79 Å². The van der Waals surface area contributed by atoms with Crippen molar-refractivity contribution in [2.45, 2.75) is 25.7 Å². The quantitative estimate of drug-likeness (QED) is 0.847. The molecule has 1 aliphatic rings. The van der Waals surface area contributed by atoms with E-state index < -0.39 is 0 Å². The van der Waals surface area contributed by atoms with Gasteiger partial charge >= 0.3 is 0 Å². The molecule has 1 unspecified atom stereocenters. The molecule has 0 aromatic carbocycles. The number of hydrogen-bond acceptors (Lipinski definition) is 4. The highest BCUT2D eigenvalue weighted by Crippen LogP contribution is 2.27. The summed E-state index contributed by atoms with van der Waals surface area (Å²) >= 11 is 0. The predicted octanol–water partition coefficient (Wildman–Crippen LogP) is 2.20. The highest BCUT2D eigenvalue weighted by molar-refractivity contribution is 5.94. The van der Waals surface area contributed by atoms with Crippen molar-refractivity contribution in [3.05, 3.63) is 53.9 Å². The Morgan fingerprint density at radius 2 is 2.10 bits per heavy atom. The Balaban J connectivity index is 1.77. The van der Waals surface area contributed by atoms with Gasteiger partial charge in [-0.05, 0) is 37.5 Å². The molecule has 3 heterocycles. The van der Waals surface area contributed by atoms with Crippen molar-refractivity contribution in [3.63, 3.8) is 0 Å². The number of pyridine rings is 1. The lowest BCUT2D eigenvalue weighted by molar-refractivity contribution is 0.0705. The topological polar surface area (TPSA) is 59.0 Å². The van der Waals surface area contributed by atoms with Gasteiger partial charge in [-0.15, -0.1) is 0 Å². The van der Waals surface area contributed by atoms with E-state index in [0.29, 0.717) is 11.5 Å². The molecule has 0 bridgehead atoms. The standard InChI is InChI=1S/C16H18N4O/c1-12-9-18-11-19-15(12)14-3-2-8-20(10-14)16(21)13-4-6-17-7-5-13/h4-7,9,11,14H,2-3,8,10H2,1H3. The molecule has 0 aliphatic carbocycles. The molecule has 0 N–H and O–H groups in total. The Labute approximate surface area is 124 Å². The fourth-order valence-corrected chi connectivity index (χ4v) is 2.90. The molecular formula is C16H18N4O. The molecule has 3 rings (SSSR count). The third-order valence-corrected chi connectivity index (χ3v) is 3.96. The number of rotatable bonds is 2. The van der Waals surface area contributed by atoms with Gasteiger partial charge in [-0.2, -0.15) is 0 Å². The van der Waals surface area contributed by atoms with Gasteiger partial charge in [-0.25, -0.2) is 9.97 Å². The molecular weight excluding hydrogens is 264 g/mol. The zero-order valence-corrected chi connectivity index (χ0v) is 12.1. The van der Waals surface area contributed by atoms with Crippen LogP contribution in [0.5, 0.6) is 0 Å². The lowest BCUT2D eigenvalue weighted by Gasteiger charge is -2.33. The summed E-state index contributed by atoms with van der Waals surface area (Å²) in [5.41, 5.74) is 2.86. The number of carbonyl (C=O) groups is 1. The first-order chi connectivity index (χ1) is 10.3. The zero-order chi connectivity index (χ0) is 14.7. The normalized spacial score (nSPS) is 18.5. The van der Waals surface area contributed by atoms with E-state index in [9.17, 15) is 4.79 Å². The first kappa shape index (κ1) is 13.7.